The first-order valence-electron chi connectivity index (χ1n) is 11.2. The van der Waals surface area contributed by atoms with Crippen LogP contribution in [0.3, 0.4) is 0 Å². The summed E-state index contributed by atoms with van der Waals surface area (Å²) >= 11 is 0. The van der Waals surface area contributed by atoms with Crippen LogP contribution in [0, 0.1) is 11.6 Å². The first-order valence-corrected chi connectivity index (χ1v) is 11.2. The van der Waals surface area contributed by atoms with Gasteiger partial charge in [-0.05, 0) is 0 Å². The molecule has 4 rings (SSSR count). The van der Waals surface area contributed by atoms with Crippen LogP contribution in [0.1, 0.15) is 10.5 Å². The SMILES string of the molecule is O=C(O)NC[C@H]1CN(c2cc(F)c(N3CCN(C(=O)CNC(=O)c4cnccn4)CC3)c(F)c2)C(=O)O1. The summed E-state index contributed by atoms with van der Waals surface area (Å²) in [6, 6.07) is 2.01. The Morgan fingerprint density at radius 1 is 1.08 bits per heavy atom. The fourth-order valence-electron chi connectivity index (χ4n) is 4.00. The van der Waals surface area contributed by atoms with Gasteiger partial charge in [-0.3, -0.25) is 19.5 Å². The highest BCUT2D eigenvalue weighted by atomic mass is 19.1. The molecule has 1 aromatic carbocycles. The Morgan fingerprint density at radius 2 is 1.78 bits per heavy atom. The highest BCUT2D eigenvalue weighted by Gasteiger charge is 2.34. The molecular formula is C22H23F2N7O6. The summed E-state index contributed by atoms with van der Waals surface area (Å²) in [5.74, 6) is -2.69. The number of ether oxygens (including phenoxy) is 1. The number of aromatic nitrogens is 2. The van der Waals surface area contributed by atoms with Crippen molar-refractivity contribution in [1.29, 1.82) is 0 Å². The van der Waals surface area contributed by atoms with Gasteiger partial charge >= 0.3 is 12.2 Å². The lowest BCUT2D eigenvalue weighted by Crippen LogP contribution is -2.51. The molecule has 37 heavy (non-hydrogen) atoms. The van der Waals surface area contributed by atoms with Crippen molar-refractivity contribution in [2.45, 2.75) is 6.10 Å². The van der Waals surface area contributed by atoms with Crippen molar-refractivity contribution < 1.29 is 37.8 Å². The van der Waals surface area contributed by atoms with Gasteiger partial charge < -0.3 is 30.3 Å². The number of nitrogens with one attached hydrogen (secondary N) is 2. The van der Waals surface area contributed by atoms with E-state index in [1.54, 1.807) is 0 Å². The van der Waals surface area contributed by atoms with Crippen LogP contribution in [0.15, 0.2) is 30.7 Å². The normalized spacial score (nSPS) is 17.4. The molecule has 0 bridgehead atoms. The molecule has 2 aliphatic heterocycles. The Labute approximate surface area is 209 Å². The molecule has 0 unspecified atom stereocenters. The number of amides is 4. The summed E-state index contributed by atoms with van der Waals surface area (Å²) in [5.41, 5.74) is -0.276. The molecule has 15 heteroatoms. The van der Waals surface area contributed by atoms with E-state index in [-0.39, 0.29) is 68.8 Å². The van der Waals surface area contributed by atoms with E-state index < -0.39 is 35.8 Å². The summed E-state index contributed by atoms with van der Waals surface area (Å²) in [6.07, 6.45) is 1.11. The van der Waals surface area contributed by atoms with E-state index in [1.807, 2.05) is 0 Å². The number of carbonyl (C=O) groups excluding carboxylic acids is 3. The van der Waals surface area contributed by atoms with Crippen LogP contribution in [-0.2, 0) is 9.53 Å². The Hall–Kier alpha value is -4.56. The van der Waals surface area contributed by atoms with Gasteiger partial charge in [-0.1, -0.05) is 0 Å². The molecular weight excluding hydrogens is 496 g/mol. The Balaban J connectivity index is 1.33. The molecule has 1 aromatic heterocycles. The van der Waals surface area contributed by atoms with Crippen LogP contribution in [-0.4, -0.2) is 95.9 Å². The zero-order chi connectivity index (χ0) is 26.5. The van der Waals surface area contributed by atoms with Crippen molar-refractivity contribution in [3.05, 3.63) is 48.1 Å². The van der Waals surface area contributed by atoms with E-state index in [1.165, 1.54) is 28.4 Å². The molecule has 2 aliphatic rings. The molecule has 1 atom stereocenters. The summed E-state index contributed by atoms with van der Waals surface area (Å²) in [6.45, 7) is 0.146. The van der Waals surface area contributed by atoms with Gasteiger partial charge in [0.1, 0.15) is 17.5 Å². The van der Waals surface area contributed by atoms with Crippen LogP contribution in [0.4, 0.5) is 29.7 Å². The number of piperazine rings is 1. The first-order chi connectivity index (χ1) is 17.7. The highest BCUT2D eigenvalue weighted by molar-refractivity contribution is 5.94. The van der Waals surface area contributed by atoms with Gasteiger partial charge in [-0.25, -0.2) is 23.4 Å². The predicted molar refractivity (Wildman–Crippen MR) is 123 cm³/mol. The molecule has 4 amide bonds. The van der Waals surface area contributed by atoms with Gasteiger partial charge in [0, 0.05) is 50.7 Å². The Kier molecular flexibility index (Phi) is 7.60. The molecule has 2 aromatic rings. The summed E-state index contributed by atoms with van der Waals surface area (Å²) in [5, 5.41) is 13.2. The topological polar surface area (TPSA) is 157 Å². The maximum Gasteiger partial charge on any atom is 0.414 e. The zero-order valence-corrected chi connectivity index (χ0v) is 19.4. The second-order valence-corrected chi connectivity index (χ2v) is 8.20. The van der Waals surface area contributed by atoms with Crippen molar-refractivity contribution in [3.8, 4) is 0 Å². The highest BCUT2D eigenvalue weighted by Crippen LogP contribution is 2.31. The van der Waals surface area contributed by atoms with Crippen molar-refractivity contribution in [1.82, 2.24) is 25.5 Å². The summed E-state index contributed by atoms with van der Waals surface area (Å²) in [4.78, 5) is 58.8. The van der Waals surface area contributed by atoms with Crippen molar-refractivity contribution in [2.24, 2.45) is 0 Å². The fourth-order valence-corrected chi connectivity index (χ4v) is 4.00. The summed E-state index contributed by atoms with van der Waals surface area (Å²) < 4.78 is 35.0. The van der Waals surface area contributed by atoms with Crippen molar-refractivity contribution in [3.63, 3.8) is 0 Å². The first kappa shape index (κ1) is 25.5. The number of rotatable bonds is 7. The predicted octanol–water partition coefficient (Wildman–Crippen LogP) is 0.426. The molecule has 2 saturated heterocycles. The number of carbonyl (C=O) groups is 4. The average molecular weight is 519 g/mol. The second-order valence-electron chi connectivity index (χ2n) is 8.20. The molecule has 3 N–H and O–H groups in total. The maximum absolute atomic E-state index is 15.0. The van der Waals surface area contributed by atoms with Gasteiger partial charge in [0.05, 0.1) is 31.5 Å². The van der Waals surface area contributed by atoms with E-state index in [4.69, 9.17) is 9.84 Å². The largest absolute Gasteiger partial charge is 0.465 e. The van der Waals surface area contributed by atoms with Crippen LogP contribution in [0.25, 0.3) is 0 Å². The number of benzene rings is 1. The Morgan fingerprint density at radius 3 is 2.41 bits per heavy atom. The third kappa shape index (κ3) is 5.99. The minimum atomic E-state index is -1.29. The third-order valence-corrected chi connectivity index (χ3v) is 5.81. The second kappa shape index (κ2) is 11.0. The van der Waals surface area contributed by atoms with Gasteiger partial charge in [0.25, 0.3) is 5.91 Å². The van der Waals surface area contributed by atoms with E-state index >= 15 is 0 Å². The molecule has 196 valence electrons. The number of hydrogen-bond donors (Lipinski definition) is 3. The van der Waals surface area contributed by atoms with Gasteiger partial charge in [-0.2, -0.15) is 0 Å². The number of carboxylic acid groups (broad SMARTS) is 1. The molecule has 2 fully saturated rings. The minimum Gasteiger partial charge on any atom is -0.465 e. The molecule has 0 radical (unpaired) electrons. The smallest absolute Gasteiger partial charge is 0.414 e. The number of anilines is 2. The van der Waals surface area contributed by atoms with Crippen LogP contribution >= 0.6 is 0 Å². The number of hydrogen-bond acceptors (Lipinski definition) is 8. The van der Waals surface area contributed by atoms with E-state index in [0.717, 1.165) is 17.0 Å². The number of cyclic esters (lactones) is 1. The maximum atomic E-state index is 15.0. The standard InChI is InChI=1S/C22H23F2N7O6/c23-15-7-13(31-12-14(37-22(31)36)9-28-21(34)35)8-16(24)19(15)30-5-3-29(4-6-30)18(32)11-27-20(33)17-10-25-1-2-26-17/h1-2,7-8,10,14,28H,3-6,9,11-12H2,(H,27,33)(H,34,35)/t14-/m0/s1. The van der Waals surface area contributed by atoms with Gasteiger partial charge in [0.2, 0.25) is 5.91 Å². The molecule has 0 saturated carbocycles. The van der Waals surface area contributed by atoms with Gasteiger partial charge in [-0.15, -0.1) is 0 Å². The number of halogens is 2. The lowest BCUT2D eigenvalue weighted by Gasteiger charge is -2.36. The van der Waals surface area contributed by atoms with E-state index in [2.05, 4.69) is 20.6 Å². The minimum absolute atomic E-state index is 0.0609. The van der Waals surface area contributed by atoms with Crippen LogP contribution in [0.2, 0.25) is 0 Å². The van der Waals surface area contributed by atoms with Crippen LogP contribution in [0.5, 0.6) is 0 Å². The van der Waals surface area contributed by atoms with Gasteiger partial charge in [0.15, 0.2) is 11.6 Å². The Bertz CT molecular complexity index is 1170. The molecule has 0 aliphatic carbocycles. The van der Waals surface area contributed by atoms with Crippen molar-refractivity contribution >= 4 is 35.4 Å². The lowest BCUT2D eigenvalue weighted by molar-refractivity contribution is -0.130. The quantitative estimate of drug-likeness (QED) is 0.472. The number of nitrogens with zero attached hydrogens (tertiary/aromatic N) is 5. The van der Waals surface area contributed by atoms with Crippen molar-refractivity contribution in [2.75, 3.05) is 55.6 Å². The molecule has 0 spiro atoms. The third-order valence-electron chi connectivity index (χ3n) is 5.81. The average Bonchev–Trinajstić information content (AvgIpc) is 3.26. The monoisotopic (exact) mass is 519 g/mol. The lowest BCUT2D eigenvalue weighted by atomic mass is 10.2. The zero-order valence-electron chi connectivity index (χ0n) is 19.4. The van der Waals surface area contributed by atoms with E-state index in [0.29, 0.717) is 0 Å². The van der Waals surface area contributed by atoms with E-state index in [9.17, 15) is 28.0 Å². The molecule has 3 heterocycles. The fraction of sp³-hybridized carbons (Fsp3) is 0.364. The molecule has 13 nitrogen and oxygen atoms in total. The summed E-state index contributed by atoms with van der Waals surface area (Å²) in [7, 11) is 0. The van der Waals surface area contributed by atoms with Crippen LogP contribution < -0.4 is 20.4 Å².